The third-order valence-corrected chi connectivity index (χ3v) is 3.60. The van der Waals surface area contributed by atoms with Gasteiger partial charge in [-0.2, -0.15) is 0 Å². The fraction of sp³-hybridized carbons (Fsp3) is 0.263. The van der Waals surface area contributed by atoms with E-state index < -0.39 is 11.9 Å². The lowest BCUT2D eigenvalue weighted by molar-refractivity contribution is -0.130. The Morgan fingerprint density at radius 2 is 1.80 bits per heavy atom. The largest absolute Gasteiger partial charge is 0.497 e. The summed E-state index contributed by atoms with van der Waals surface area (Å²) >= 11 is 0. The third kappa shape index (κ3) is 6.27. The number of hydrogen-bond donors (Lipinski definition) is 2. The van der Waals surface area contributed by atoms with Gasteiger partial charge in [-0.15, -0.1) is 0 Å². The van der Waals surface area contributed by atoms with Crippen LogP contribution in [-0.4, -0.2) is 31.6 Å². The van der Waals surface area contributed by atoms with Gasteiger partial charge in [0.15, 0.2) is 0 Å². The van der Waals surface area contributed by atoms with Gasteiger partial charge in [0.1, 0.15) is 18.4 Å². The molecule has 132 valence electrons. The van der Waals surface area contributed by atoms with E-state index in [0.29, 0.717) is 12.4 Å². The lowest BCUT2D eigenvalue weighted by Gasteiger charge is -2.16. The van der Waals surface area contributed by atoms with Gasteiger partial charge in [0.2, 0.25) is 11.8 Å². The van der Waals surface area contributed by atoms with E-state index in [9.17, 15) is 9.59 Å². The maximum absolute atomic E-state index is 12.0. The van der Waals surface area contributed by atoms with Crippen molar-refractivity contribution in [2.45, 2.75) is 19.1 Å². The first-order valence-corrected chi connectivity index (χ1v) is 7.91. The lowest BCUT2D eigenvalue weighted by atomic mass is 10.1. The molecule has 0 aromatic heterocycles. The van der Waals surface area contributed by atoms with Crippen LogP contribution < -0.4 is 15.8 Å². The molecule has 6 heteroatoms. The SMILES string of the molecule is COc1cccc(C[C@H](NC(=O)COCc2ccccc2)C(N)=O)c1. The monoisotopic (exact) mass is 342 g/mol. The zero-order valence-electron chi connectivity index (χ0n) is 14.1. The molecule has 2 aromatic rings. The van der Waals surface area contributed by atoms with Crippen LogP contribution >= 0.6 is 0 Å². The van der Waals surface area contributed by atoms with E-state index in [1.54, 1.807) is 19.2 Å². The van der Waals surface area contributed by atoms with Crippen molar-refractivity contribution in [1.29, 1.82) is 0 Å². The van der Waals surface area contributed by atoms with Crippen molar-refractivity contribution in [3.63, 3.8) is 0 Å². The molecule has 6 nitrogen and oxygen atoms in total. The fourth-order valence-electron chi connectivity index (χ4n) is 2.33. The quantitative estimate of drug-likeness (QED) is 0.721. The summed E-state index contributed by atoms with van der Waals surface area (Å²) < 4.78 is 10.5. The molecule has 0 radical (unpaired) electrons. The number of rotatable bonds is 9. The maximum Gasteiger partial charge on any atom is 0.246 e. The number of carbonyl (C=O) groups excluding carboxylic acids is 2. The predicted octanol–water partition coefficient (Wildman–Crippen LogP) is 1.42. The van der Waals surface area contributed by atoms with Gasteiger partial charge in [-0.25, -0.2) is 0 Å². The molecule has 0 heterocycles. The van der Waals surface area contributed by atoms with E-state index >= 15 is 0 Å². The zero-order chi connectivity index (χ0) is 18.1. The van der Waals surface area contributed by atoms with Crippen LogP contribution in [0.2, 0.25) is 0 Å². The highest BCUT2D eigenvalue weighted by atomic mass is 16.5. The smallest absolute Gasteiger partial charge is 0.246 e. The lowest BCUT2D eigenvalue weighted by Crippen LogP contribution is -2.47. The minimum absolute atomic E-state index is 0.142. The summed E-state index contributed by atoms with van der Waals surface area (Å²) in [5.74, 6) is -0.305. The van der Waals surface area contributed by atoms with Gasteiger partial charge in [0.25, 0.3) is 0 Å². The summed E-state index contributed by atoms with van der Waals surface area (Å²) in [4.78, 5) is 23.6. The fourth-order valence-corrected chi connectivity index (χ4v) is 2.33. The highest BCUT2D eigenvalue weighted by Gasteiger charge is 2.19. The zero-order valence-corrected chi connectivity index (χ0v) is 14.1. The number of methoxy groups -OCH3 is 1. The van der Waals surface area contributed by atoms with Gasteiger partial charge in [-0.05, 0) is 23.3 Å². The van der Waals surface area contributed by atoms with E-state index in [4.69, 9.17) is 15.2 Å². The molecule has 2 aromatic carbocycles. The number of nitrogens with one attached hydrogen (secondary N) is 1. The van der Waals surface area contributed by atoms with Gasteiger partial charge in [0.05, 0.1) is 13.7 Å². The Morgan fingerprint density at radius 1 is 1.08 bits per heavy atom. The number of ether oxygens (including phenoxy) is 2. The number of hydrogen-bond acceptors (Lipinski definition) is 4. The minimum atomic E-state index is -0.806. The molecule has 0 aliphatic rings. The molecule has 0 fully saturated rings. The van der Waals surface area contributed by atoms with Crippen LogP contribution in [0.15, 0.2) is 54.6 Å². The Bertz CT molecular complexity index is 704. The summed E-state index contributed by atoms with van der Waals surface area (Å²) in [6.07, 6.45) is 0.289. The second kappa shape index (κ2) is 9.44. The van der Waals surface area contributed by atoms with Crippen molar-refractivity contribution in [2.24, 2.45) is 5.73 Å². The van der Waals surface area contributed by atoms with E-state index in [1.807, 2.05) is 42.5 Å². The standard InChI is InChI=1S/C19H22N2O4/c1-24-16-9-5-8-15(10-16)11-17(19(20)23)21-18(22)13-25-12-14-6-3-2-4-7-14/h2-10,17H,11-13H2,1H3,(H2,20,23)(H,21,22)/t17-/m0/s1. The Hall–Kier alpha value is -2.86. The molecule has 2 rings (SSSR count). The Kier molecular flexibility index (Phi) is 6.98. The average Bonchev–Trinajstić information content (AvgIpc) is 2.62. The van der Waals surface area contributed by atoms with Gasteiger partial charge in [0, 0.05) is 6.42 Å². The first-order chi connectivity index (χ1) is 12.1. The Labute approximate surface area is 146 Å². The third-order valence-electron chi connectivity index (χ3n) is 3.60. The van der Waals surface area contributed by atoms with E-state index in [1.165, 1.54) is 0 Å². The van der Waals surface area contributed by atoms with E-state index in [2.05, 4.69) is 5.32 Å². The van der Waals surface area contributed by atoms with Crippen molar-refractivity contribution >= 4 is 11.8 Å². The van der Waals surface area contributed by atoms with Crippen LogP contribution in [-0.2, 0) is 27.4 Å². The first-order valence-electron chi connectivity index (χ1n) is 7.91. The first kappa shape index (κ1) is 18.5. The predicted molar refractivity (Wildman–Crippen MR) is 93.9 cm³/mol. The van der Waals surface area contributed by atoms with Crippen molar-refractivity contribution in [2.75, 3.05) is 13.7 Å². The Morgan fingerprint density at radius 3 is 2.48 bits per heavy atom. The van der Waals surface area contributed by atoms with Gasteiger partial charge in [-0.1, -0.05) is 42.5 Å². The summed E-state index contributed by atoms with van der Waals surface area (Å²) in [7, 11) is 1.57. The molecule has 25 heavy (non-hydrogen) atoms. The summed E-state index contributed by atoms with van der Waals surface area (Å²) in [5.41, 5.74) is 7.21. The number of carbonyl (C=O) groups is 2. The van der Waals surface area contributed by atoms with Crippen molar-refractivity contribution < 1.29 is 19.1 Å². The maximum atomic E-state index is 12.0. The van der Waals surface area contributed by atoms with Gasteiger partial charge in [-0.3, -0.25) is 9.59 Å². The molecule has 0 aliphatic carbocycles. The van der Waals surface area contributed by atoms with Crippen LogP contribution in [0, 0.1) is 0 Å². The molecule has 0 saturated carbocycles. The molecular weight excluding hydrogens is 320 g/mol. The number of primary amides is 1. The van der Waals surface area contributed by atoms with Crippen LogP contribution in [0.4, 0.5) is 0 Å². The second-order valence-electron chi connectivity index (χ2n) is 5.56. The molecule has 0 bridgehead atoms. The van der Waals surface area contributed by atoms with Crippen LogP contribution in [0.1, 0.15) is 11.1 Å². The van der Waals surface area contributed by atoms with E-state index in [0.717, 1.165) is 11.1 Å². The highest BCUT2D eigenvalue weighted by molar-refractivity contribution is 5.87. The molecule has 0 saturated heterocycles. The summed E-state index contributed by atoms with van der Waals surface area (Å²) in [5, 5.41) is 2.61. The molecular formula is C19H22N2O4. The molecule has 0 unspecified atom stereocenters. The number of nitrogens with two attached hydrogens (primary N) is 1. The topological polar surface area (TPSA) is 90.7 Å². The van der Waals surface area contributed by atoms with Crippen LogP contribution in [0.25, 0.3) is 0 Å². The molecule has 0 aliphatic heterocycles. The molecule has 0 spiro atoms. The number of benzene rings is 2. The van der Waals surface area contributed by atoms with Crippen LogP contribution in [0.3, 0.4) is 0 Å². The van der Waals surface area contributed by atoms with Crippen LogP contribution in [0.5, 0.6) is 5.75 Å². The van der Waals surface area contributed by atoms with Crippen molar-refractivity contribution in [1.82, 2.24) is 5.32 Å². The Balaban J connectivity index is 1.85. The number of amides is 2. The van der Waals surface area contributed by atoms with E-state index in [-0.39, 0.29) is 18.9 Å². The van der Waals surface area contributed by atoms with Gasteiger partial charge >= 0.3 is 0 Å². The minimum Gasteiger partial charge on any atom is -0.497 e. The molecule has 2 amide bonds. The molecule has 1 atom stereocenters. The summed E-state index contributed by atoms with van der Waals surface area (Å²) in [6.45, 7) is 0.183. The van der Waals surface area contributed by atoms with Crippen molar-refractivity contribution in [3.8, 4) is 5.75 Å². The summed E-state index contributed by atoms with van der Waals surface area (Å²) in [6, 6.07) is 16.0. The second-order valence-corrected chi connectivity index (χ2v) is 5.56. The normalized spacial score (nSPS) is 11.6. The van der Waals surface area contributed by atoms with Gasteiger partial charge < -0.3 is 20.5 Å². The highest BCUT2D eigenvalue weighted by Crippen LogP contribution is 2.14. The van der Waals surface area contributed by atoms with Crippen molar-refractivity contribution in [3.05, 3.63) is 65.7 Å². The molecule has 3 N–H and O–H groups in total. The average molecular weight is 342 g/mol.